The van der Waals surface area contributed by atoms with Gasteiger partial charge in [-0.1, -0.05) is 41.9 Å². The Morgan fingerprint density at radius 1 is 1.07 bits per heavy atom. The number of benzene rings is 2. The highest BCUT2D eigenvalue weighted by Crippen LogP contribution is 2.18. The Hall–Kier alpha value is -3.32. The van der Waals surface area contributed by atoms with Crippen LogP contribution in [0.2, 0.25) is 5.02 Å². The van der Waals surface area contributed by atoms with E-state index in [1.165, 1.54) is 17.7 Å². The van der Waals surface area contributed by atoms with Gasteiger partial charge in [-0.2, -0.15) is 0 Å². The third kappa shape index (κ3) is 4.09. The van der Waals surface area contributed by atoms with Crippen molar-refractivity contribution >= 4 is 29.2 Å². The highest BCUT2D eigenvalue weighted by molar-refractivity contribution is 6.33. The maximum atomic E-state index is 12.9. The van der Waals surface area contributed by atoms with E-state index in [1.54, 1.807) is 49.0 Å². The zero-order valence-corrected chi connectivity index (χ0v) is 16.9. The van der Waals surface area contributed by atoms with Gasteiger partial charge in [0, 0.05) is 7.05 Å². The number of carbonyl (C=O) groups excluding carboxylic acids is 2. The Kier molecular flexibility index (Phi) is 5.89. The third-order valence-corrected chi connectivity index (χ3v) is 4.88. The number of amides is 1. The Morgan fingerprint density at radius 2 is 1.69 bits per heavy atom. The van der Waals surface area contributed by atoms with Gasteiger partial charge in [-0.05, 0) is 38.1 Å². The van der Waals surface area contributed by atoms with E-state index in [-0.39, 0.29) is 21.8 Å². The molecule has 0 saturated carbocycles. The molecular weight excluding hydrogens is 394 g/mol. The standard InChI is InChI=1S/C21H20ClN3O4/c1-13-18(20(27)25(24(13)3)15-9-5-4-6-10-15)23-19(26)14(2)29-21(28)16-11-7-8-12-17(16)22/h4-12,14H,1-3H3,(H,23,26)/t14-/m1/s1. The van der Waals surface area contributed by atoms with Crippen molar-refractivity contribution in [3.63, 3.8) is 0 Å². The lowest BCUT2D eigenvalue weighted by Crippen LogP contribution is -2.32. The minimum Gasteiger partial charge on any atom is -0.449 e. The monoisotopic (exact) mass is 413 g/mol. The lowest BCUT2D eigenvalue weighted by molar-refractivity contribution is -0.123. The number of anilines is 1. The summed E-state index contributed by atoms with van der Waals surface area (Å²) in [7, 11) is 1.72. The van der Waals surface area contributed by atoms with Crippen molar-refractivity contribution < 1.29 is 14.3 Å². The summed E-state index contributed by atoms with van der Waals surface area (Å²) in [5.74, 6) is -1.33. The number of esters is 1. The predicted octanol–water partition coefficient (Wildman–Crippen LogP) is 3.32. The number of para-hydroxylation sites is 1. The van der Waals surface area contributed by atoms with Crippen molar-refractivity contribution in [2.45, 2.75) is 20.0 Å². The van der Waals surface area contributed by atoms with Gasteiger partial charge in [-0.15, -0.1) is 0 Å². The van der Waals surface area contributed by atoms with Crippen LogP contribution in [0.3, 0.4) is 0 Å². The molecule has 0 saturated heterocycles. The average Bonchev–Trinajstić information content (AvgIpc) is 2.92. The molecule has 3 aromatic rings. The largest absolute Gasteiger partial charge is 0.449 e. The molecule has 0 aliphatic carbocycles. The minimum absolute atomic E-state index is 0.127. The minimum atomic E-state index is -1.12. The van der Waals surface area contributed by atoms with E-state index in [4.69, 9.17) is 16.3 Å². The fourth-order valence-electron chi connectivity index (χ4n) is 2.84. The summed E-state index contributed by atoms with van der Waals surface area (Å²) < 4.78 is 8.30. The summed E-state index contributed by atoms with van der Waals surface area (Å²) in [4.78, 5) is 37.7. The smallest absolute Gasteiger partial charge is 0.340 e. The molecule has 1 N–H and O–H groups in total. The second-order valence-electron chi connectivity index (χ2n) is 6.45. The Labute approximate surface area is 172 Å². The van der Waals surface area contributed by atoms with E-state index in [9.17, 15) is 14.4 Å². The molecule has 1 heterocycles. The molecule has 1 atom stereocenters. The number of hydrogen-bond donors (Lipinski definition) is 1. The van der Waals surface area contributed by atoms with Crippen molar-refractivity contribution in [3.05, 3.63) is 81.2 Å². The molecule has 0 radical (unpaired) electrons. The van der Waals surface area contributed by atoms with Crippen LogP contribution in [-0.2, 0) is 16.6 Å². The topological polar surface area (TPSA) is 82.3 Å². The molecule has 0 spiro atoms. The maximum Gasteiger partial charge on any atom is 0.340 e. The molecule has 1 amide bonds. The van der Waals surface area contributed by atoms with Crippen molar-refractivity contribution in [1.29, 1.82) is 0 Å². The van der Waals surface area contributed by atoms with E-state index in [2.05, 4.69) is 5.32 Å². The van der Waals surface area contributed by atoms with Crippen molar-refractivity contribution in [2.75, 3.05) is 5.32 Å². The summed E-state index contributed by atoms with van der Waals surface area (Å²) in [5.41, 5.74) is 1.14. The summed E-state index contributed by atoms with van der Waals surface area (Å²) in [6.45, 7) is 3.15. The summed E-state index contributed by atoms with van der Waals surface area (Å²) in [6, 6.07) is 15.5. The van der Waals surface area contributed by atoms with E-state index in [1.807, 2.05) is 18.2 Å². The molecule has 0 unspecified atom stereocenters. The number of rotatable bonds is 5. The van der Waals surface area contributed by atoms with Gasteiger partial charge in [0.25, 0.3) is 11.5 Å². The second kappa shape index (κ2) is 8.36. The molecule has 150 valence electrons. The second-order valence-corrected chi connectivity index (χ2v) is 6.86. The van der Waals surface area contributed by atoms with Crippen LogP contribution in [0.25, 0.3) is 5.69 Å². The van der Waals surface area contributed by atoms with Crippen LogP contribution in [0.15, 0.2) is 59.4 Å². The molecule has 2 aromatic carbocycles. The molecule has 7 nitrogen and oxygen atoms in total. The van der Waals surface area contributed by atoms with Gasteiger partial charge in [-0.3, -0.25) is 14.3 Å². The molecule has 3 rings (SSSR count). The molecule has 0 aliphatic heterocycles. The number of nitrogens with one attached hydrogen (secondary N) is 1. The van der Waals surface area contributed by atoms with Crippen LogP contribution >= 0.6 is 11.6 Å². The predicted molar refractivity (Wildman–Crippen MR) is 111 cm³/mol. The SMILES string of the molecule is Cc1c(NC(=O)[C@@H](C)OC(=O)c2ccccc2Cl)c(=O)n(-c2ccccc2)n1C. The molecule has 0 bridgehead atoms. The summed E-state index contributed by atoms with van der Waals surface area (Å²) >= 11 is 5.98. The van der Waals surface area contributed by atoms with Crippen LogP contribution in [0.5, 0.6) is 0 Å². The van der Waals surface area contributed by atoms with Crippen LogP contribution in [0, 0.1) is 6.92 Å². The highest BCUT2D eigenvalue weighted by Gasteiger charge is 2.24. The third-order valence-electron chi connectivity index (χ3n) is 4.55. The first-order valence-corrected chi connectivity index (χ1v) is 9.29. The molecular formula is C21H20ClN3O4. The van der Waals surface area contributed by atoms with Crippen molar-refractivity contribution in [1.82, 2.24) is 9.36 Å². The fraction of sp³-hybridized carbons (Fsp3) is 0.190. The Balaban J connectivity index is 1.80. The Bertz CT molecular complexity index is 1120. The van der Waals surface area contributed by atoms with Crippen LogP contribution in [0.1, 0.15) is 23.0 Å². The first-order chi connectivity index (χ1) is 13.8. The maximum absolute atomic E-state index is 12.9. The van der Waals surface area contributed by atoms with Crippen LogP contribution in [-0.4, -0.2) is 27.3 Å². The molecule has 0 aliphatic rings. The van der Waals surface area contributed by atoms with E-state index in [0.29, 0.717) is 11.4 Å². The number of aromatic nitrogens is 2. The zero-order chi connectivity index (χ0) is 21.1. The normalized spacial score (nSPS) is 11.7. The Morgan fingerprint density at radius 3 is 2.34 bits per heavy atom. The van der Waals surface area contributed by atoms with Crippen molar-refractivity contribution in [3.8, 4) is 5.69 Å². The van der Waals surface area contributed by atoms with Gasteiger partial charge in [0.05, 0.1) is 22.0 Å². The summed E-state index contributed by atoms with van der Waals surface area (Å²) in [6.07, 6.45) is -1.12. The van der Waals surface area contributed by atoms with E-state index in [0.717, 1.165) is 0 Å². The first kappa shape index (κ1) is 20.4. The van der Waals surface area contributed by atoms with Gasteiger partial charge in [0.15, 0.2) is 6.10 Å². The lowest BCUT2D eigenvalue weighted by Gasteiger charge is -2.13. The molecule has 1 aromatic heterocycles. The quantitative estimate of drug-likeness (QED) is 0.650. The molecule has 0 fully saturated rings. The van der Waals surface area contributed by atoms with Gasteiger partial charge in [-0.25, -0.2) is 9.48 Å². The lowest BCUT2D eigenvalue weighted by atomic mass is 10.2. The number of carbonyl (C=O) groups is 2. The number of halogens is 1. The molecule has 8 heteroatoms. The van der Waals surface area contributed by atoms with Crippen LogP contribution < -0.4 is 10.9 Å². The van der Waals surface area contributed by atoms with E-state index < -0.39 is 18.0 Å². The molecule has 29 heavy (non-hydrogen) atoms. The number of nitrogens with zero attached hydrogens (tertiary/aromatic N) is 2. The average molecular weight is 414 g/mol. The number of ether oxygens (including phenoxy) is 1. The van der Waals surface area contributed by atoms with Crippen LogP contribution in [0.4, 0.5) is 5.69 Å². The summed E-state index contributed by atoms with van der Waals surface area (Å²) in [5, 5.41) is 2.81. The first-order valence-electron chi connectivity index (χ1n) is 8.91. The highest BCUT2D eigenvalue weighted by atomic mass is 35.5. The van der Waals surface area contributed by atoms with Gasteiger partial charge in [0.1, 0.15) is 5.69 Å². The fourth-order valence-corrected chi connectivity index (χ4v) is 3.05. The van der Waals surface area contributed by atoms with Gasteiger partial charge >= 0.3 is 5.97 Å². The zero-order valence-electron chi connectivity index (χ0n) is 16.2. The van der Waals surface area contributed by atoms with E-state index >= 15 is 0 Å². The number of hydrogen-bond acceptors (Lipinski definition) is 4. The van der Waals surface area contributed by atoms with Gasteiger partial charge in [0.2, 0.25) is 0 Å². The van der Waals surface area contributed by atoms with Gasteiger partial charge < -0.3 is 10.1 Å². The van der Waals surface area contributed by atoms with Crippen molar-refractivity contribution in [2.24, 2.45) is 7.05 Å².